The Morgan fingerprint density at radius 1 is 0.839 bits per heavy atom. The van der Waals surface area contributed by atoms with Crippen molar-refractivity contribution in [2.45, 2.75) is 32.1 Å². The monoisotopic (exact) mass is 427 g/mol. The van der Waals surface area contributed by atoms with E-state index in [1.807, 2.05) is 24.3 Å². The average molecular weight is 428 g/mol. The summed E-state index contributed by atoms with van der Waals surface area (Å²) >= 11 is 0. The molecule has 1 N–H and O–H groups in total. The number of ether oxygens (including phenoxy) is 4. The van der Waals surface area contributed by atoms with Crippen molar-refractivity contribution in [1.29, 1.82) is 0 Å². The number of hydrogen-bond acceptors (Lipinski definition) is 6. The largest absolute Gasteiger partial charge is 0.493 e. The van der Waals surface area contributed by atoms with Crippen LogP contribution in [0.3, 0.4) is 0 Å². The predicted octanol–water partition coefficient (Wildman–Crippen LogP) is 4.08. The number of hydrogen-bond donors (Lipinski definition) is 1. The van der Waals surface area contributed by atoms with E-state index in [4.69, 9.17) is 18.9 Å². The number of methoxy groups -OCH3 is 4. The van der Waals surface area contributed by atoms with E-state index >= 15 is 0 Å². The molecule has 0 spiro atoms. The molecule has 0 aromatic heterocycles. The first-order chi connectivity index (χ1) is 15.1. The van der Waals surface area contributed by atoms with Gasteiger partial charge in [-0.05, 0) is 80.6 Å². The number of ketones is 1. The van der Waals surface area contributed by atoms with Gasteiger partial charge in [0.2, 0.25) is 0 Å². The lowest BCUT2D eigenvalue weighted by Crippen LogP contribution is -2.19. The molecule has 0 saturated heterocycles. The van der Waals surface area contributed by atoms with E-state index in [-0.39, 0.29) is 11.7 Å². The van der Waals surface area contributed by atoms with Crippen LogP contribution >= 0.6 is 0 Å². The molecule has 0 saturated carbocycles. The van der Waals surface area contributed by atoms with Gasteiger partial charge in [0.25, 0.3) is 0 Å². The van der Waals surface area contributed by atoms with Crippen molar-refractivity contribution in [2.75, 3.05) is 41.5 Å². The van der Waals surface area contributed by atoms with Crippen LogP contribution < -0.4 is 24.3 Å². The van der Waals surface area contributed by atoms with E-state index in [2.05, 4.69) is 11.4 Å². The third-order valence-electron chi connectivity index (χ3n) is 5.89. The van der Waals surface area contributed by atoms with Crippen LogP contribution in [0.4, 0.5) is 0 Å². The number of Topliss-reactive ketones (excluding diaryl/α,β-unsaturated/α-hetero) is 1. The van der Waals surface area contributed by atoms with Gasteiger partial charge in [-0.3, -0.25) is 4.79 Å². The third-order valence-corrected chi connectivity index (χ3v) is 5.89. The Morgan fingerprint density at radius 2 is 1.48 bits per heavy atom. The first-order valence-electron chi connectivity index (χ1n) is 10.8. The van der Waals surface area contributed by atoms with Gasteiger partial charge >= 0.3 is 0 Å². The minimum Gasteiger partial charge on any atom is -0.493 e. The van der Waals surface area contributed by atoms with Crippen LogP contribution in [0.25, 0.3) is 0 Å². The molecule has 2 aromatic carbocycles. The Kier molecular flexibility index (Phi) is 8.18. The highest BCUT2D eigenvalue weighted by atomic mass is 16.5. The molecule has 6 heteroatoms. The van der Waals surface area contributed by atoms with Crippen molar-refractivity contribution < 1.29 is 23.7 Å². The second kappa shape index (κ2) is 11.0. The molecule has 3 rings (SSSR count). The molecule has 168 valence electrons. The van der Waals surface area contributed by atoms with E-state index in [0.29, 0.717) is 11.5 Å². The SMILES string of the molecule is COc1ccc(CCCNCCCC2Cc3cc(OC)c(OC)cc3C2=O)cc1OC. The van der Waals surface area contributed by atoms with Gasteiger partial charge in [-0.15, -0.1) is 0 Å². The van der Waals surface area contributed by atoms with E-state index < -0.39 is 0 Å². The summed E-state index contributed by atoms with van der Waals surface area (Å²) in [5.74, 6) is 3.11. The molecule has 0 heterocycles. The first-order valence-corrected chi connectivity index (χ1v) is 10.8. The molecular weight excluding hydrogens is 394 g/mol. The summed E-state index contributed by atoms with van der Waals surface area (Å²) in [5.41, 5.74) is 3.08. The van der Waals surface area contributed by atoms with Crippen molar-refractivity contribution in [3.8, 4) is 23.0 Å². The highest BCUT2D eigenvalue weighted by molar-refractivity contribution is 6.02. The average Bonchev–Trinajstić information content (AvgIpc) is 3.11. The van der Waals surface area contributed by atoms with Crippen LogP contribution in [0.5, 0.6) is 23.0 Å². The second-order valence-corrected chi connectivity index (χ2v) is 7.81. The quantitative estimate of drug-likeness (QED) is 0.515. The highest BCUT2D eigenvalue weighted by Gasteiger charge is 2.31. The zero-order valence-corrected chi connectivity index (χ0v) is 19.0. The molecule has 0 amide bonds. The number of fused-ring (bicyclic) bond motifs is 1. The van der Waals surface area contributed by atoms with Gasteiger partial charge in [0.15, 0.2) is 28.8 Å². The number of carbonyl (C=O) groups is 1. The van der Waals surface area contributed by atoms with Gasteiger partial charge < -0.3 is 24.3 Å². The minimum atomic E-state index is 0.0559. The maximum Gasteiger partial charge on any atom is 0.166 e. The van der Waals surface area contributed by atoms with Crippen LogP contribution in [0.1, 0.15) is 40.7 Å². The highest BCUT2D eigenvalue weighted by Crippen LogP contribution is 2.37. The molecule has 0 aliphatic heterocycles. The van der Waals surface area contributed by atoms with Crippen LogP contribution in [0, 0.1) is 5.92 Å². The maximum atomic E-state index is 12.7. The van der Waals surface area contributed by atoms with E-state index in [0.717, 1.165) is 67.8 Å². The van der Waals surface area contributed by atoms with E-state index in [1.165, 1.54) is 5.56 Å². The Hall–Kier alpha value is -2.73. The summed E-state index contributed by atoms with van der Waals surface area (Å²) in [5, 5.41) is 3.50. The second-order valence-electron chi connectivity index (χ2n) is 7.81. The number of benzene rings is 2. The van der Waals surface area contributed by atoms with Crippen LogP contribution in [-0.2, 0) is 12.8 Å². The lowest BCUT2D eigenvalue weighted by Gasteiger charge is -2.10. The maximum absolute atomic E-state index is 12.7. The van der Waals surface area contributed by atoms with Crippen molar-refractivity contribution in [3.05, 3.63) is 47.0 Å². The Bertz CT molecular complexity index is 896. The van der Waals surface area contributed by atoms with Crippen molar-refractivity contribution in [3.63, 3.8) is 0 Å². The fourth-order valence-corrected chi connectivity index (χ4v) is 4.18. The van der Waals surface area contributed by atoms with Gasteiger partial charge in [0.05, 0.1) is 28.4 Å². The summed E-state index contributed by atoms with van der Waals surface area (Å²) in [4.78, 5) is 12.7. The minimum absolute atomic E-state index is 0.0559. The standard InChI is InChI=1S/C25H33NO5/c1-28-21-10-9-17(13-22(21)29-2)7-5-11-26-12-6-8-18-14-19-15-23(30-3)24(31-4)16-20(19)25(18)27/h9-10,13,15-16,18,26H,5-8,11-12,14H2,1-4H3. The summed E-state index contributed by atoms with van der Waals surface area (Å²) in [6, 6.07) is 9.83. The van der Waals surface area contributed by atoms with Crippen LogP contribution in [-0.4, -0.2) is 47.3 Å². The van der Waals surface area contributed by atoms with Crippen molar-refractivity contribution in [2.24, 2.45) is 5.92 Å². The summed E-state index contributed by atoms with van der Waals surface area (Å²) < 4.78 is 21.3. The normalized spacial score (nSPS) is 15.0. The Balaban J connectivity index is 1.37. The zero-order chi connectivity index (χ0) is 22.2. The molecule has 0 bridgehead atoms. The predicted molar refractivity (Wildman–Crippen MR) is 121 cm³/mol. The lowest BCUT2D eigenvalue weighted by atomic mass is 9.99. The van der Waals surface area contributed by atoms with Gasteiger partial charge in [-0.2, -0.15) is 0 Å². The van der Waals surface area contributed by atoms with Crippen LogP contribution in [0.15, 0.2) is 30.3 Å². The Labute approximate surface area is 184 Å². The zero-order valence-electron chi connectivity index (χ0n) is 19.0. The molecular formula is C25H33NO5. The van der Waals surface area contributed by atoms with Gasteiger partial charge in [0, 0.05) is 11.5 Å². The first kappa shape index (κ1) is 22.9. The van der Waals surface area contributed by atoms with E-state index in [1.54, 1.807) is 28.4 Å². The lowest BCUT2D eigenvalue weighted by molar-refractivity contribution is 0.0929. The molecule has 0 fully saturated rings. The topological polar surface area (TPSA) is 66.0 Å². The molecule has 1 aliphatic carbocycles. The van der Waals surface area contributed by atoms with Gasteiger partial charge in [0.1, 0.15) is 0 Å². The van der Waals surface area contributed by atoms with Crippen LogP contribution in [0.2, 0.25) is 0 Å². The summed E-state index contributed by atoms with van der Waals surface area (Å²) in [7, 11) is 6.52. The molecule has 6 nitrogen and oxygen atoms in total. The molecule has 31 heavy (non-hydrogen) atoms. The molecule has 0 radical (unpaired) electrons. The summed E-state index contributed by atoms with van der Waals surface area (Å²) in [6.07, 6.45) is 4.68. The number of rotatable bonds is 12. The molecule has 1 aliphatic rings. The summed E-state index contributed by atoms with van der Waals surface area (Å²) in [6.45, 7) is 1.86. The molecule has 1 unspecified atom stereocenters. The fraction of sp³-hybridized carbons (Fsp3) is 0.480. The van der Waals surface area contributed by atoms with E-state index in [9.17, 15) is 4.79 Å². The third kappa shape index (κ3) is 5.50. The molecule has 1 atom stereocenters. The van der Waals surface area contributed by atoms with Gasteiger partial charge in [-0.25, -0.2) is 0 Å². The fourth-order valence-electron chi connectivity index (χ4n) is 4.18. The smallest absolute Gasteiger partial charge is 0.166 e. The number of nitrogens with one attached hydrogen (secondary N) is 1. The Morgan fingerprint density at radius 3 is 2.19 bits per heavy atom. The number of aryl methyl sites for hydroxylation is 1. The van der Waals surface area contributed by atoms with Crippen molar-refractivity contribution in [1.82, 2.24) is 5.32 Å². The van der Waals surface area contributed by atoms with Gasteiger partial charge in [-0.1, -0.05) is 6.07 Å². The van der Waals surface area contributed by atoms with Crippen molar-refractivity contribution >= 4 is 5.78 Å². The molecule has 2 aromatic rings. The number of carbonyl (C=O) groups excluding carboxylic acids is 1.